The molecule has 3 N–H and O–H groups in total. The molecule has 1 amide bonds. The number of aliphatic hydroxyl groups is 1. The number of hydrogen-bond acceptors (Lipinski definition) is 5. The van der Waals surface area contributed by atoms with Gasteiger partial charge in [0, 0.05) is 6.42 Å². The lowest BCUT2D eigenvalue weighted by atomic mass is 10.0. The van der Waals surface area contributed by atoms with E-state index in [1.165, 1.54) is 83.5 Å². The molecule has 0 aliphatic heterocycles. The summed E-state index contributed by atoms with van der Waals surface area (Å²) in [6.07, 6.45) is 90.8. The molecule has 0 radical (unpaired) electrons. The first-order chi connectivity index (χ1) is 38.0. The molecule has 442 valence electrons. The van der Waals surface area contributed by atoms with Gasteiger partial charge < -0.3 is 19.8 Å². The highest BCUT2D eigenvalue weighted by Crippen LogP contribution is 2.43. The van der Waals surface area contributed by atoms with E-state index in [0.717, 1.165) is 116 Å². The number of quaternary nitrogens is 1. The molecule has 78 heavy (non-hydrogen) atoms. The van der Waals surface area contributed by atoms with Crippen LogP contribution in [0, 0.1) is 0 Å². The maximum atomic E-state index is 13.0. The Hall–Kier alpha value is -3.88. The molecule has 0 fully saturated rings. The Bertz CT molecular complexity index is 1820. The fourth-order valence-electron chi connectivity index (χ4n) is 7.92. The van der Waals surface area contributed by atoms with E-state index in [1.54, 1.807) is 6.08 Å². The number of amides is 1. The number of carbonyl (C=O) groups is 1. The highest BCUT2D eigenvalue weighted by molar-refractivity contribution is 7.47. The van der Waals surface area contributed by atoms with Crippen molar-refractivity contribution in [2.45, 2.75) is 231 Å². The lowest BCUT2D eigenvalue weighted by Crippen LogP contribution is -2.45. The van der Waals surface area contributed by atoms with Crippen LogP contribution in [0.15, 0.2) is 158 Å². The van der Waals surface area contributed by atoms with Crippen LogP contribution in [0.5, 0.6) is 0 Å². The molecule has 0 aliphatic carbocycles. The first-order valence-electron chi connectivity index (χ1n) is 30.9. The maximum absolute atomic E-state index is 13.0. The molecule has 0 saturated carbocycles. The topological polar surface area (TPSA) is 105 Å². The van der Waals surface area contributed by atoms with Crippen LogP contribution in [0.4, 0.5) is 0 Å². The number of allylic oxidation sites excluding steroid dienone is 25. The molecule has 0 spiro atoms. The predicted molar refractivity (Wildman–Crippen MR) is 340 cm³/mol. The standard InChI is InChI=1S/C69H115N2O6P/c1-6-8-10-12-14-16-18-20-22-23-24-25-26-27-28-29-30-31-32-33-34-35-36-37-38-39-40-41-42-43-44-45-46-47-49-51-53-55-57-59-61-63-69(73)70-67(66-77-78(74,75)76-65-64-71(3,4)5)68(72)62-60-58-56-54-52-50-48-21-19-17-15-13-11-9-7-2/h8,10,14,16,19-22,24-25,27-28,30-31,33-34,36-37,39-40,42-43,52,54,60,62,67-68,72H,6-7,9,11-13,15,17-18,23,26,29,32,35,38,41,44-51,53,55-59,61,63-66H2,1-5H3,(H-,70,73,74,75)/p+1/b10-8-,16-14-,21-19+,22-20-,25-24-,28-27-,31-30-,34-33-,37-36-,40-39-,43-42-,54-52+,62-60+. The lowest BCUT2D eigenvalue weighted by molar-refractivity contribution is -0.870. The summed E-state index contributed by atoms with van der Waals surface area (Å²) in [5.41, 5.74) is 0. The Kier molecular flexibility index (Phi) is 54.9. The van der Waals surface area contributed by atoms with Crippen molar-refractivity contribution in [3.05, 3.63) is 158 Å². The van der Waals surface area contributed by atoms with E-state index in [0.29, 0.717) is 17.4 Å². The number of hydrogen-bond donors (Lipinski definition) is 3. The van der Waals surface area contributed by atoms with Crippen molar-refractivity contribution in [3.63, 3.8) is 0 Å². The summed E-state index contributed by atoms with van der Waals surface area (Å²) < 4.78 is 23.7. The van der Waals surface area contributed by atoms with Crippen LogP contribution in [-0.4, -0.2) is 73.4 Å². The number of unbranched alkanes of at least 4 members (excludes halogenated alkanes) is 17. The van der Waals surface area contributed by atoms with Gasteiger partial charge >= 0.3 is 7.82 Å². The van der Waals surface area contributed by atoms with Crippen LogP contribution in [-0.2, 0) is 18.4 Å². The van der Waals surface area contributed by atoms with Crippen molar-refractivity contribution in [2.75, 3.05) is 40.9 Å². The molecule has 0 aromatic carbocycles. The smallest absolute Gasteiger partial charge is 0.387 e. The second kappa shape index (κ2) is 57.8. The number of nitrogens with one attached hydrogen (secondary N) is 1. The summed E-state index contributed by atoms with van der Waals surface area (Å²) in [6.45, 7) is 4.63. The average molecular weight is 1100 g/mol. The fourth-order valence-corrected chi connectivity index (χ4v) is 8.66. The Morgan fingerprint density at radius 3 is 1.18 bits per heavy atom. The van der Waals surface area contributed by atoms with E-state index in [2.05, 4.69) is 165 Å². The van der Waals surface area contributed by atoms with Crippen molar-refractivity contribution >= 4 is 13.7 Å². The summed E-state index contributed by atoms with van der Waals surface area (Å²) in [6, 6.07) is -0.883. The first-order valence-corrected chi connectivity index (χ1v) is 32.4. The molecule has 0 rings (SSSR count). The molecule has 3 atom stereocenters. The molecule has 0 aromatic rings. The SMILES string of the molecule is CC/C=C\C/C=C\C/C=C\C/C=C\C/C=C\C/C=C\C/C=C\C/C=C\C/C=C\C/C=C\CCCCCCCCCCCCC(=O)NC(COP(=O)(O)OCC[N+](C)(C)C)C(O)/C=C/CC/C=C/CC/C=C/CCCCCCC. The van der Waals surface area contributed by atoms with Crippen molar-refractivity contribution in [2.24, 2.45) is 0 Å². The van der Waals surface area contributed by atoms with Crippen LogP contribution in [0.25, 0.3) is 0 Å². The predicted octanol–water partition coefficient (Wildman–Crippen LogP) is 19.4. The third-order valence-corrected chi connectivity index (χ3v) is 13.7. The lowest BCUT2D eigenvalue weighted by Gasteiger charge is -2.25. The number of phosphoric ester groups is 1. The summed E-state index contributed by atoms with van der Waals surface area (Å²) in [4.78, 5) is 23.3. The molecule has 9 heteroatoms. The molecule has 0 aromatic heterocycles. The fraction of sp³-hybridized carbons (Fsp3) is 0.609. The zero-order valence-corrected chi connectivity index (χ0v) is 51.2. The van der Waals surface area contributed by atoms with E-state index in [9.17, 15) is 19.4 Å². The molecule has 0 aliphatic rings. The summed E-state index contributed by atoms with van der Waals surface area (Å²) in [7, 11) is 1.52. The number of rotatable bonds is 54. The Labute approximate surface area is 480 Å². The molecule has 0 bridgehead atoms. The van der Waals surface area contributed by atoms with Crippen LogP contribution in [0.1, 0.15) is 219 Å². The van der Waals surface area contributed by atoms with E-state index in [1.807, 2.05) is 27.2 Å². The zero-order chi connectivity index (χ0) is 57.0. The number of aliphatic hydroxyl groups excluding tert-OH is 1. The third kappa shape index (κ3) is 59.8. The van der Waals surface area contributed by atoms with Crippen LogP contribution in [0.3, 0.4) is 0 Å². The van der Waals surface area contributed by atoms with Gasteiger partial charge in [-0.15, -0.1) is 0 Å². The minimum Gasteiger partial charge on any atom is -0.387 e. The summed E-state index contributed by atoms with van der Waals surface area (Å²) >= 11 is 0. The molecule has 3 unspecified atom stereocenters. The monoisotopic (exact) mass is 1100 g/mol. The van der Waals surface area contributed by atoms with Gasteiger partial charge in [0.2, 0.25) is 5.91 Å². The van der Waals surface area contributed by atoms with Gasteiger partial charge in [0.05, 0.1) is 39.9 Å². The normalized spacial score (nSPS) is 14.9. The minimum atomic E-state index is -4.37. The highest BCUT2D eigenvalue weighted by Gasteiger charge is 2.27. The van der Waals surface area contributed by atoms with E-state index < -0.39 is 20.0 Å². The van der Waals surface area contributed by atoms with Gasteiger partial charge in [-0.05, 0) is 122 Å². The van der Waals surface area contributed by atoms with Crippen LogP contribution >= 0.6 is 7.82 Å². The molecule has 0 heterocycles. The average Bonchev–Trinajstić information content (AvgIpc) is 3.41. The van der Waals surface area contributed by atoms with Crippen molar-refractivity contribution in [1.82, 2.24) is 5.32 Å². The third-order valence-electron chi connectivity index (χ3n) is 12.7. The molecule has 8 nitrogen and oxygen atoms in total. The van der Waals surface area contributed by atoms with E-state index in [-0.39, 0.29) is 19.1 Å². The second-order valence-electron chi connectivity index (χ2n) is 21.3. The van der Waals surface area contributed by atoms with Crippen molar-refractivity contribution < 1.29 is 32.9 Å². The Balaban J connectivity index is 4.14. The minimum absolute atomic E-state index is 0.0451. The Morgan fingerprint density at radius 1 is 0.449 bits per heavy atom. The van der Waals surface area contributed by atoms with Crippen molar-refractivity contribution in [3.8, 4) is 0 Å². The van der Waals surface area contributed by atoms with E-state index >= 15 is 0 Å². The van der Waals surface area contributed by atoms with Gasteiger partial charge in [-0.25, -0.2) is 4.57 Å². The molecular formula is C69H116N2O6P+. The first kappa shape index (κ1) is 74.1. The summed E-state index contributed by atoms with van der Waals surface area (Å²) in [5, 5.41) is 13.9. The van der Waals surface area contributed by atoms with Gasteiger partial charge in [-0.3, -0.25) is 13.8 Å². The number of carbonyl (C=O) groups excluding carboxylic acids is 1. The van der Waals surface area contributed by atoms with Gasteiger partial charge in [0.15, 0.2) is 0 Å². The van der Waals surface area contributed by atoms with Gasteiger partial charge in [0.1, 0.15) is 13.2 Å². The van der Waals surface area contributed by atoms with Gasteiger partial charge in [0.25, 0.3) is 0 Å². The number of nitrogens with zero attached hydrogens (tertiary/aromatic N) is 1. The van der Waals surface area contributed by atoms with Crippen LogP contribution in [0.2, 0.25) is 0 Å². The largest absolute Gasteiger partial charge is 0.472 e. The second-order valence-corrected chi connectivity index (χ2v) is 22.8. The van der Waals surface area contributed by atoms with Gasteiger partial charge in [-0.2, -0.15) is 0 Å². The Morgan fingerprint density at radius 2 is 0.782 bits per heavy atom. The van der Waals surface area contributed by atoms with Crippen molar-refractivity contribution in [1.29, 1.82) is 0 Å². The quantitative estimate of drug-likeness (QED) is 0.0243. The van der Waals surface area contributed by atoms with Gasteiger partial charge in [-0.1, -0.05) is 249 Å². The molecule has 0 saturated heterocycles. The number of phosphoric acid groups is 1. The number of likely N-dealkylation sites (N-methyl/N-ethyl adjacent to an activating group) is 1. The maximum Gasteiger partial charge on any atom is 0.472 e. The summed E-state index contributed by atoms with van der Waals surface area (Å²) in [5.74, 6) is -0.203. The zero-order valence-electron chi connectivity index (χ0n) is 50.3. The molecular weight excluding hydrogens is 984 g/mol. The van der Waals surface area contributed by atoms with E-state index in [4.69, 9.17) is 9.05 Å². The van der Waals surface area contributed by atoms with Crippen LogP contribution < -0.4 is 5.32 Å². The highest BCUT2D eigenvalue weighted by atomic mass is 31.2.